The van der Waals surface area contributed by atoms with E-state index in [9.17, 15) is 5.11 Å². The number of halogens is 1. The van der Waals surface area contributed by atoms with Crippen molar-refractivity contribution < 1.29 is 14.2 Å². The molecule has 4 unspecified atom stereocenters. The van der Waals surface area contributed by atoms with Crippen molar-refractivity contribution in [2.45, 2.75) is 56.2 Å². The number of fused-ring (bicyclic) bond motifs is 5. The van der Waals surface area contributed by atoms with Gasteiger partial charge in [0, 0.05) is 19.0 Å². The first-order valence-corrected chi connectivity index (χ1v) is 10.1. The number of nitrogens with zero attached hydrogens (tertiary/aromatic N) is 1. The minimum Gasteiger partial charge on any atom is -0.393 e. The number of rotatable bonds is 2. The summed E-state index contributed by atoms with van der Waals surface area (Å²) in [7, 11) is 0. The molecule has 0 saturated carbocycles. The lowest BCUT2D eigenvalue weighted by atomic mass is 9.87. The lowest BCUT2D eigenvalue weighted by molar-refractivity contribution is -0.0808. The van der Waals surface area contributed by atoms with Crippen LogP contribution in [-0.4, -0.2) is 41.6 Å². The maximum atomic E-state index is 15.3. The van der Waals surface area contributed by atoms with Crippen LogP contribution in [0.1, 0.15) is 53.5 Å². The summed E-state index contributed by atoms with van der Waals surface area (Å²) in [6.45, 7) is 1.20. The molecule has 2 aliphatic heterocycles. The number of alkyl halides is 1. The summed E-state index contributed by atoms with van der Waals surface area (Å²) in [5, 5.41) is 9.71. The van der Waals surface area contributed by atoms with Gasteiger partial charge in [0.15, 0.2) is 6.30 Å². The quantitative estimate of drug-likeness (QED) is 0.816. The minimum absolute atomic E-state index is 0.0801. The number of piperidine rings is 1. The van der Waals surface area contributed by atoms with Crippen LogP contribution in [0, 0.1) is 0 Å². The van der Waals surface area contributed by atoms with Gasteiger partial charge in [0.2, 0.25) is 0 Å². The third-order valence-electron chi connectivity index (χ3n) is 6.52. The molecule has 0 aromatic heterocycles. The van der Waals surface area contributed by atoms with Gasteiger partial charge in [-0.1, -0.05) is 48.5 Å². The van der Waals surface area contributed by atoms with E-state index in [1.807, 2.05) is 4.90 Å². The summed E-state index contributed by atoms with van der Waals surface area (Å²) in [6, 6.07) is 17.0. The summed E-state index contributed by atoms with van der Waals surface area (Å²) >= 11 is 0. The maximum Gasteiger partial charge on any atom is 0.180 e. The van der Waals surface area contributed by atoms with E-state index in [0.717, 1.165) is 6.42 Å². The number of hydrogen-bond acceptors (Lipinski definition) is 3. The number of ether oxygens (including phenoxy) is 1. The molecule has 1 N–H and O–H groups in total. The van der Waals surface area contributed by atoms with Crippen LogP contribution in [-0.2, 0) is 11.2 Å². The van der Waals surface area contributed by atoms with Crippen molar-refractivity contribution in [3.05, 3.63) is 70.8 Å². The normalized spacial score (nSPS) is 29.5. The van der Waals surface area contributed by atoms with Crippen molar-refractivity contribution in [3.8, 4) is 0 Å². The Bertz CT molecular complexity index is 764. The molecule has 4 atom stereocenters. The molecule has 2 saturated heterocycles. The number of aliphatic hydroxyl groups is 1. The van der Waals surface area contributed by atoms with Crippen LogP contribution in [0.25, 0.3) is 0 Å². The fourth-order valence-corrected chi connectivity index (χ4v) is 5.07. The van der Waals surface area contributed by atoms with E-state index >= 15 is 4.39 Å². The molecule has 2 aromatic rings. The number of aliphatic hydroxyl groups excluding tert-OH is 1. The zero-order valence-corrected chi connectivity index (χ0v) is 15.4. The highest BCUT2D eigenvalue weighted by Crippen LogP contribution is 2.50. The third kappa shape index (κ3) is 3.10. The van der Waals surface area contributed by atoms with E-state index in [4.69, 9.17) is 4.74 Å². The molecule has 5 rings (SSSR count). The first kappa shape index (κ1) is 17.4. The van der Waals surface area contributed by atoms with Crippen LogP contribution >= 0.6 is 0 Å². The highest BCUT2D eigenvalue weighted by Gasteiger charge is 2.45. The summed E-state index contributed by atoms with van der Waals surface area (Å²) < 4.78 is 21.7. The molecule has 0 spiro atoms. The lowest BCUT2D eigenvalue weighted by Crippen LogP contribution is -2.46. The fraction of sp³-hybridized carbons (Fsp3) is 0.478. The number of hydrogen-bond donors (Lipinski definition) is 1. The topological polar surface area (TPSA) is 32.7 Å². The Balaban J connectivity index is 1.46. The van der Waals surface area contributed by atoms with E-state index in [1.54, 1.807) is 0 Å². The van der Waals surface area contributed by atoms with Gasteiger partial charge in [-0.15, -0.1) is 0 Å². The predicted octanol–water partition coefficient (Wildman–Crippen LogP) is 3.96. The zero-order valence-electron chi connectivity index (χ0n) is 15.4. The van der Waals surface area contributed by atoms with E-state index in [1.165, 1.54) is 22.3 Å². The first-order chi connectivity index (χ1) is 13.2. The molecule has 0 radical (unpaired) electrons. The first-order valence-electron chi connectivity index (χ1n) is 10.1. The van der Waals surface area contributed by atoms with E-state index in [-0.39, 0.29) is 18.1 Å². The van der Waals surface area contributed by atoms with Crippen molar-refractivity contribution in [1.82, 2.24) is 4.90 Å². The van der Waals surface area contributed by atoms with Crippen molar-refractivity contribution in [1.29, 1.82) is 0 Å². The average Bonchev–Trinajstić information content (AvgIpc) is 3.09. The summed E-state index contributed by atoms with van der Waals surface area (Å²) in [4.78, 5) is 1.85. The monoisotopic (exact) mass is 367 g/mol. The lowest BCUT2D eigenvalue weighted by Gasteiger charge is -2.34. The fourth-order valence-electron chi connectivity index (χ4n) is 5.07. The Hall–Kier alpha value is -1.75. The SMILES string of the molecule is OC1CCN(C(F)C2CC3c4ccccc4Cc4ccccc4C3O2)CC1. The van der Waals surface area contributed by atoms with E-state index < -0.39 is 12.4 Å². The molecule has 0 bridgehead atoms. The summed E-state index contributed by atoms with van der Waals surface area (Å²) in [6.07, 6.45) is 1.01. The highest BCUT2D eigenvalue weighted by molar-refractivity contribution is 5.45. The van der Waals surface area contributed by atoms with E-state index in [2.05, 4.69) is 48.5 Å². The van der Waals surface area contributed by atoms with Crippen molar-refractivity contribution in [2.75, 3.05) is 13.1 Å². The van der Waals surface area contributed by atoms with Crippen molar-refractivity contribution in [3.63, 3.8) is 0 Å². The predicted molar refractivity (Wildman–Crippen MR) is 102 cm³/mol. The molecule has 2 fully saturated rings. The second-order valence-electron chi connectivity index (χ2n) is 8.15. The Labute approximate surface area is 159 Å². The third-order valence-corrected chi connectivity index (χ3v) is 6.52. The molecular formula is C23H26FNO2. The average molecular weight is 367 g/mol. The number of benzene rings is 2. The Morgan fingerprint density at radius 1 is 0.963 bits per heavy atom. The van der Waals surface area contributed by atoms with Crippen LogP contribution in [0.5, 0.6) is 0 Å². The van der Waals surface area contributed by atoms with Gasteiger partial charge in [0.1, 0.15) is 6.10 Å². The van der Waals surface area contributed by atoms with Crippen LogP contribution in [0.4, 0.5) is 4.39 Å². The van der Waals surface area contributed by atoms with Gasteiger partial charge < -0.3 is 9.84 Å². The standard InChI is InChI=1S/C23H26FNO2/c24-23(25-11-9-17(26)10-12-25)21-14-20-18-7-3-1-5-15(18)13-16-6-2-4-8-19(16)22(20)27-21/h1-8,17,20-23,26H,9-14H2. The Morgan fingerprint density at radius 2 is 1.59 bits per heavy atom. The van der Waals surface area contributed by atoms with Gasteiger partial charge in [-0.05, 0) is 47.9 Å². The highest BCUT2D eigenvalue weighted by atomic mass is 19.1. The van der Waals surface area contributed by atoms with Gasteiger partial charge in [-0.25, -0.2) is 4.39 Å². The summed E-state index contributed by atoms with van der Waals surface area (Å²) in [5.74, 6) is 0.198. The smallest absolute Gasteiger partial charge is 0.180 e. The Morgan fingerprint density at radius 3 is 2.33 bits per heavy atom. The largest absolute Gasteiger partial charge is 0.393 e. The molecule has 142 valence electrons. The van der Waals surface area contributed by atoms with Crippen molar-refractivity contribution >= 4 is 0 Å². The van der Waals surface area contributed by atoms with Gasteiger partial charge in [0.05, 0.1) is 12.2 Å². The van der Waals surface area contributed by atoms with Crippen LogP contribution in [0.15, 0.2) is 48.5 Å². The molecule has 2 aromatic carbocycles. The van der Waals surface area contributed by atoms with Crippen LogP contribution < -0.4 is 0 Å². The minimum atomic E-state index is -1.11. The maximum absolute atomic E-state index is 15.3. The molecule has 0 amide bonds. The zero-order chi connectivity index (χ0) is 18.4. The molecular weight excluding hydrogens is 341 g/mol. The molecule has 27 heavy (non-hydrogen) atoms. The molecule has 4 heteroatoms. The second-order valence-corrected chi connectivity index (χ2v) is 8.15. The van der Waals surface area contributed by atoms with Crippen LogP contribution in [0.2, 0.25) is 0 Å². The molecule has 3 nitrogen and oxygen atoms in total. The van der Waals surface area contributed by atoms with E-state index in [0.29, 0.717) is 32.4 Å². The molecule has 3 aliphatic rings. The number of likely N-dealkylation sites (tertiary alicyclic amines) is 1. The second kappa shape index (κ2) is 7.01. The molecule has 1 aliphatic carbocycles. The summed E-state index contributed by atoms with van der Waals surface area (Å²) in [5.41, 5.74) is 5.14. The van der Waals surface area contributed by atoms with Gasteiger partial charge >= 0.3 is 0 Å². The van der Waals surface area contributed by atoms with Gasteiger partial charge in [-0.2, -0.15) is 0 Å². The van der Waals surface area contributed by atoms with Crippen LogP contribution in [0.3, 0.4) is 0 Å². The molecule has 2 heterocycles. The van der Waals surface area contributed by atoms with Crippen molar-refractivity contribution in [2.24, 2.45) is 0 Å². The van der Waals surface area contributed by atoms with Gasteiger partial charge in [-0.3, -0.25) is 4.90 Å². The Kier molecular flexibility index (Phi) is 4.50. The van der Waals surface area contributed by atoms with Gasteiger partial charge in [0.25, 0.3) is 0 Å².